The standard InChI is InChI=1S/C19H18FN7O4/c20-13-4-1-2-5-14(13)25-7-9-26(10-8-25)18-16(27(29)30)17(21-12-22-18)23-24-19(28)15-6-3-11-31-15/h1-6,11-12H,7-10H2,(H,24,28)(H,21,22,23). The predicted molar refractivity (Wildman–Crippen MR) is 109 cm³/mol. The maximum Gasteiger partial charge on any atom is 0.355 e. The van der Waals surface area contributed by atoms with Gasteiger partial charge in [-0.3, -0.25) is 25.8 Å². The SMILES string of the molecule is O=C(NNc1ncnc(N2CCN(c3ccccc3F)CC2)c1[N+](=O)[O-])c1ccco1. The van der Waals surface area contributed by atoms with Crippen molar-refractivity contribution in [2.75, 3.05) is 41.4 Å². The number of aromatic nitrogens is 2. The fourth-order valence-electron chi connectivity index (χ4n) is 3.31. The van der Waals surface area contributed by atoms with E-state index in [9.17, 15) is 19.3 Å². The molecule has 0 spiro atoms. The van der Waals surface area contributed by atoms with Crippen LogP contribution in [0.1, 0.15) is 10.6 Å². The number of furan rings is 1. The molecule has 2 N–H and O–H groups in total. The quantitative estimate of drug-likeness (QED) is 0.449. The van der Waals surface area contributed by atoms with Gasteiger partial charge in [0.2, 0.25) is 11.6 Å². The molecule has 1 amide bonds. The average molecular weight is 427 g/mol. The van der Waals surface area contributed by atoms with Gasteiger partial charge >= 0.3 is 11.6 Å². The zero-order valence-electron chi connectivity index (χ0n) is 16.2. The molecule has 0 unspecified atom stereocenters. The highest BCUT2D eigenvalue weighted by molar-refractivity contribution is 5.92. The van der Waals surface area contributed by atoms with Crippen molar-refractivity contribution in [1.29, 1.82) is 0 Å². The predicted octanol–water partition coefficient (Wildman–Crippen LogP) is 2.20. The molecule has 0 radical (unpaired) electrons. The summed E-state index contributed by atoms with van der Waals surface area (Å²) in [5, 5.41) is 11.8. The molecular weight excluding hydrogens is 409 g/mol. The molecular formula is C19H18FN7O4. The van der Waals surface area contributed by atoms with Crippen molar-refractivity contribution in [2.24, 2.45) is 0 Å². The average Bonchev–Trinajstić information content (AvgIpc) is 3.33. The first-order valence-corrected chi connectivity index (χ1v) is 9.38. The minimum absolute atomic E-state index is 0.0358. The summed E-state index contributed by atoms with van der Waals surface area (Å²) >= 11 is 0. The Morgan fingerprint density at radius 2 is 1.84 bits per heavy atom. The van der Waals surface area contributed by atoms with Crippen molar-refractivity contribution in [2.45, 2.75) is 0 Å². The molecule has 2 aromatic heterocycles. The number of halogens is 1. The normalized spacial score (nSPS) is 13.7. The lowest BCUT2D eigenvalue weighted by atomic mass is 10.2. The number of carbonyl (C=O) groups is 1. The zero-order valence-corrected chi connectivity index (χ0v) is 16.2. The topological polar surface area (TPSA) is 130 Å². The van der Waals surface area contributed by atoms with E-state index < -0.39 is 10.8 Å². The van der Waals surface area contributed by atoms with Crippen LogP contribution in [0.5, 0.6) is 0 Å². The third kappa shape index (κ3) is 4.22. The molecule has 31 heavy (non-hydrogen) atoms. The van der Waals surface area contributed by atoms with Gasteiger partial charge in [0, 0.05) is 26.2 Å². The summed E-state index contributed by atoms with van der Waals surface area (Å²) in [5.41, 5.74) is 4.90. The fourth-order valence-corrected chi connectivity index (χ4v) is 3.31. The van der Waals surface area contributed by atoms with Gasteiger partial charge in [0.1, 0.15) is 12.1 Å². The van der Waals surface area contributed by atoms with Gasteiger partial charge in [-0.15, -0.1) is 0 Å². The molecule has 12 heteroatoms. The maximum absolute atomic E-state index is 14.1. The van der Waals surface area contributed by atoms with E-state index in [1.54, 1.807) is 29.2 Å². The van der Waals surface area contributed by atoms with Gasteiger partial charge in [-0.1, -0.05) is 12.1 Å². The molecule has 11 nitrogen and oxygen atoms in total. The zero-order chi connectivity index (χ0) is 21.8. The highest BCUT2D eigenvalue weighted by Crippen LogP contribution is 2.32. The van der Waals surface area contributed by atoms with Crippen molar-refractivity contribution in [3.8, 4) is 0 Å². The van der Waals surface area contributed by atoms with Crippen molar-refractivity contribution in [3.63, 3.8) is 0 Å². The molecule has 3 aromatic rings. The Morgan fingerprint density at radius 1 is 1.10 bits per heavy atom. The monoisotopic (exact) mass is 427 g/mol. The number of para-hydroxylation sites is 1. The van der Waals surface area contributed by atoms with Crippen LogP contribution in [0, 0.1) is 15.9 Å². The van der Waals surface area contributed by atoms with Gasteiger partial charge in [0.25, 0.3) is 0 Å². The Hall–Kier alpha value is -4.22. The third-order valence-electron chi connectivity index (χ3n) is 4.80. The molecule has 4 rings (SSSR count). The van der Waals surface area contributed by atoms with Crippen LogP contribution < -0.4 is 20.7 Å². The lowest BCUT2D eigenvalue weighted by molar-refractivity contribution is -0.383. The fraction of sp³-hybridized carbons (Fsp3) is 0.211. The first-order chi connectivity index (χ1) is 15.0. The molecule has 1 aromatic carbocycles. The van der Waals surface area contributed by atoms with E-state index >= 15 is 0 Å². The maximum atomic E-state index is 14.1. The summed E-state index contributed by atoms with van der Waals surface area (Å²) in [7, 11) is 0. The van der Waals surface area contributed by atoms with Crippen molar-refractivity contribution in [3.05, 3.63) is 70.7 Å². The molecule has 1 fully saturated rings. The van der Waals surface area contributed by atoms with E-state index in [0.29, 0.717) is 31.9 Å². The van der Waals surface area contributed by atoms with Crippen LogP contribution in [0.25, 0.3) is 0 Å². The van der Waals surface area contributed by atoms with Crippen LogP contribution in [0.3, 0.4) is 0 Å². The highest BCUT2D eigenvalue weighted by Gasteiger charge is 2.30. The summed E-state index contributed by atoms with van der Waals surface area (Å²) < 4.78 is 19.0. The number of benzene rings is 1. The number of piperazine rings is 1. The van der Waals surface area contributed by atoms with E-state index in [1.807, 2.05) is 4.90 Å². The number of hydrogen-bond acceptors (Lipinski definition) is 9. The summed E-state index contributed by atoms with van der Waals surface area (Å²) in [4.78, 5) is 34.7. The number of amides is 1. The van der Waals surface area contributed by atoms with Crippen LogP contribution in [-0.4, -0.2) is 47.0 Å². The largest absolute Gasteiger partial charge is 0.459 e. The number of nitrogens with one attached hydrogen (secondary N) is 2. The van der Waals surface area contributed by atoms with Crippen molar-refractivity contribution in [1.82, 2.24) is 15.4 Å². The molecule has 1 aliphatic rings. The molecule has 0 atom stereocenters. The highest BCUT2D eigenvalue weighted by atomic mass is 19.1. The summed E-state index contributed by atoms with van der Waals surface area (Å²) in [6.45, 7) is 1.70. The Bertz CT molecular complexity index is 1080. The third-order valence-corrected chi connectivity index (χ3v) is 4.80. The minimum Gasteiger partial charge on any atom is -0.459 e. The Morgan fingerprint density at radius 3 is 2.52 bits per heavy atom. The van der Waals surface area contributed by atoms with Crippen molar-refractivity contribution >= 4 is 28.9 Å². The summed E-state index contributed by atoms with van der Waals surface area (Å²) in [6.07, 6.45) is 2.51. The molecule has 3 heterocycles. The van der Waals surface area contributed by atoms with Crippen LogP contribution in [0.2, 0.25) is 0 Å². The van der Waals surface area contributed by atoms with E-state index in [1.165, 1.54) is 24.7 Å². The summed E-state index contributed by atoms with van der Waals surface area (Å²) in [5.74, 6) is -0.941. The lowest BCUT2D eigenvalue weighted by Gasteiger charge is -2.36. The number of nitrogens with zero attached hydrogens (tertiary/aromatic N) is 5. The Labute approximate surface area is 175 Å². The molecule has 1 aliphatic heterocycles. The van der Waals surface area contributed by atoms with Gasteiger partial charge in [0.05, 0.1) is 16.9 Å². The number of carbonyl (C=O) groups excluding carboxylic acids is 1. The van der Waals surface area contributed by atoms with E-state index in [4.69, 9.17) is 4.42 Å². The Balaban J connectivity index is 1.50. The van der Waals surface area contributed by atoms with E-state index in [-0.39, 0.29) is 28.9 Å². The number of nitro groups is 1. The second-order valence-corrected chi connectivity index (χ2v) is 6.63. The van der Waals surface area contributed by atoms with Gasteiger partial charge in [-0.2, -0.15) is 0 Å². The van der Waals surface area contributed by atoms with Gasteiger partial charge in [-0.25, -0.2) is 14.4 Å². The second kappa shape index (κ2) is 8.65. The first kappa shape index (κ1) is 20.1. The number of hydrogen-bond donors (Lipinski definition) is 2. The number of anilines is 3. The van der Waals surface area contributed by atoms with Crippen LogP contribution in [-0.2, 0) is 0 Å². The van der Waals surface area contributed by atoms with Crippen molar-refractivity contribution < 1.29 is 18.5 Å². The number of rotatable bonds is 6. The van der Waals surface area contributed by atoms with Crippen LogP contribution in [0.4, 0.5) is 27.4 Å². The molecule has 1 saturated heterocycles. The van der Waals surface area contributed by atoms with E-state index in [0.717, 1.165) is 0 Å². The molecule has 160 valence electrons. The lowest BCUT2D eigenvalue weighted by Crippen LogP contribution is -2.47. The molecule has 0 bridgehead atoms. The van der Waals surface area contributed by atoms with Crippen LogP contribution >= 0.6 is 0 Å². The second-order valence-electron chi connectivity index (χ2n) is 6.63. The molecule has 0 aliphatic carbocycles. The first-order valence-electron chi connectivity index (χ1n) is 9.38. The van der Waals surface area contributed by atoms with Gasteiger partial charge in [-0.05, 0) is 24.3 Å². The Kier molecular flexibility index (Phi) is 5.60. The van der Waals surface area contributed by atoms with Gasteiger partial charge < -0.3 is 14.2 Å². The molecule has 0 saturated carbocycles. The number of hydrazine groups is 1. The van der Waals surface area contributed by atoms with Gasteiger partial charge in [0.15, 0.2) is 5.76 Å². The van der Waals surface area contributed by atoms with E-state index in [2.05, 4.69) is 20.8 Å². The summed E-state index contributed by atoms with van der Waals surface area (Å²) in [6, 6.07) is 9.47. The van der Waals surface area contributed by atoms with Crippen LogP contribution in [0.15, 0.2) is 53.4 Å². The minimum atomic E-state index is -0.613. The smallest absolute Gasteiger partial charge is 0.355 e.